The number of nitrogens with one attached hydrogen (secondary N) is 1. The number of rotatable bonds is 2. The van der Waals surface area contributed by atoms with Crippen LogP contribution in [-0.4, -0.2) is 19.8 Å². The second-order valence-corrected chi connectivity index (χ2v) is 4.79. The topological polar surface area (TPSA) is 89.3 Å². The molecule has 0 unspecified atom stereocenters. The van der Waals surface area contributed by atoms with E-state index in [1.807, 2.05) is 0 Å². The van der Waals surface area contributed by atoms with Crippen LogP contribution in [0.25, 0.3) is 0 Å². The first-order chi connectivity index (χ1) is 8.04. The third kappa shape index (κ3) is 2.88. The molecule has 0 aliphatic carbocycles. The van der Waals surface area contributed by atoms with Gasteiger partial charge in [0.05, 0.1) is 5.56 Å². The standard InChI is InChI=1S/C8H6F4N2O3S/c9-4-1-2-5(6(13)3-4)7(15)14-18(16,17)8(10,11)12/h1-3H,13H2,(H,14,15). The highest BCUT2D eigenvalue weighted by molar-refractivity contribution is 7.90. The van der Waals surface area contributed by atoms with Crippen LogP contribution in [0.4, 0.5) is 23.2 Å². The van der Waals surface area contributed by atoms with Crippen LogP contribution in [0.1, 0.15) is 10.4 Å². The van der Waals surface area contributed by atoms with Crippen molar-refractivity contribution in [1.82, 2.24) is 4.72 Å². The number of alkyl halides is 3. The Hall–Kier alpha value is -1.84. The quantitative estimate of drug-likeness (QED) is 0.626. The van der Waals surface area contributed by atoms with Crippen molar-refractivity contribution >= 4 is 21.6 Å². The molecule has 5 nitrogen and oxygen atoms in total. The molecular weight excluding hydrogens is 280 g/mol. The summed E-state index contributed by atoms with van der Waals surface area (Å²) in [6, 6.07) is 2.20. The van der Waals surface area contributed by atoms with Crippen molar-refractivity contribution in [3.8, 4) is 0 Å². The van der Waals surface area contributed by atoms with Gasteiger partial charge >= 0.3 is 15.5 Å². The summed E-state index contributed by atoms with van der Waals surface area (Å²) in [4.78, 5) is 11.2. The van der Waals surface area contributed by atoms with E-state index < -0.39 is 38.5 Å². The van der Waals surface area contributed by atoms with Gasteiger partial charge in [-0.25, -0.2) is 9.11 Å². The number of hydrogen-bond acceptors (Lipinski definition) is 4. The highest BCUT2D eigenvalue weighted by Crippen LogP contribution is 2.22. The zero-order chi connectivity index (χ0) is 14.1. The second-order valence-electron chi connectivity index (χ2n) is 3.11. The molecule has 10 heteroatoms. The summed E-state index contributed by atoms with van der Waals surface area (Å²) in [5, 5.41) is 0. The van der Waals surface area contributed by atoms with Crippen molar-refractivity contribution in [3.63, 3.8) is 0 Å². The molecule has 0 saturated heterocycles. The molecular formula is C8H6F4N2O3S. The molecule has 0 heterocycles. The van der Waals surface area contributed by atoms with Gasteiger partial charge in [0.1, 0.15) is 5.82 Å². The molecule has 0 saturated carbocycles. The first-order valence-electron chi connectivity index (χ1n) is 4.23. The molecule has 0 aliphatic heterocycles. The minimum absolute atomic E-state index is 0.482. The summed E-state index contributed by atoms with van der Waals surface area (Å²) < 4.78 is 70.6. The number of nitrogen functional groups attached to an aromatic ring is 1. The number of carbonyl (C=O) groups excluding carboxylic acids is 1. The largest absolute Gasteiger partial charge is 0.516 e. The van der Waals surface area contributed by atoms with E-state index >= 15 is 0 Å². The van der Waals surface area contributed by atoms with E-state index in [2.05, 4.69) is 0 Å². The Morgan fingerprint density at radius 1 is 1.28 bits per heavy atom. The van der Waals surface area contributed by atoms with Crippen LogP contribution in [-0.2, 0) is 10.0 Å². The molecule has 0 atom stereocenters. The number of benzene rings is 1. The molecule has 1 aromatic carbocycles. The van der Waals surface area contributed by atoms with Gasteiger partial charge in [-0.2, -0.15) is 21.6 Å². The Morgan fingerprint density at radius 2 is 1.83 bits per heavy atom. The summed E-state index contributed by atoms with van der Waals surface area (Å²) in [5.41, 5.74) is -1.52. The Balaban J connectivity index is 3.04. The maximum Gasteiger partial charge on any atom is 0.516 e. The lowest BCUT2D eigenvalue weighted by Crippen LogP contribution is -2.40. The highest BCUT2D eigenvalue weighted by atomic mass is 32.2. The summed E-state index contributed by atoms with van der Waals surface area (Å²) in [5.74, 6) is -2.41. The molecule has 1 amide bonds. The summed E-state index contributed by atoms with van der Waals surface area (Å²) >= 11 is 0. The van der Waals surface area contributed by atoms with Crippen molar-refractivity contribution in [2.24, 2.45) is 0 Å². The van der Waals surface area contributed by atoms with Gasteiger partial charge in [-0.3, -0.25) is 4.79 Å². The minimum atomic E-state index is -5.82. The molecule has 3 N–H and O–H groups in total. The number of halogens is 4. The van der Waals surface area contributed by atoms with E-state index in [0.29, 0.717) is 6.07 Å². The molecule has 1 aromatic rings. The van der Waals surface area contributed by atoms with Gasteiger partial charge in [-0.15, -0.1) is 0 Å². The Morgan fingerprint density at radius 3 is 2.28 bits per heavy atom. The Labute approximate surface area is 98.6 Å². The van der Waals surface area contributed by atoms with Crippen LogP contribution in [0.3, 0.4) is 0 Å². The fraction of sp³-hybridized carbons (Fsp3) is 0.125. The Kier molecular flexibility index (Phi) is 3.51. The van der Waals surface area contributed by atoms with Gasteiger partial charge in [0, 0.05) is 5.69 Å². The van der Waals surface area contributed by atoms with Crippen LogP contribution in [0.5, 0.6) is 0 Å². The van der Waals surface area contributed by atoms with E-state index in [-0.39, 0.29) is 0 Å². The zero-order valence-electron chi connectivity index (χ0n) is 8.45. The molecule has 0 fully saturated rings. The normalized spacial score (nSPS) is 12.2. The molecule has 0 aromatic heterocycles. The molecule has 0 aliphatic rings. The van der Waals surface area contributed by atoms with Gasteiger partial charge in [-0.1, -0.05) is 0 Å². The monoisotopic (exact) mass is 286 g/mol. The maximum atomic E-state index is 12.6. The lowest BCUT2D eigenvalue weighted by atomic mass is 10.2. The van der Waals surface area contributed by atoms with Crippen molar-refractivity contribution in [3.05, 3.63) is 29.6 Å². The van der Waals surface area contributed by atoms with Gasteiger partial charge in [0.25, 0.3) is 5.91 Å². The number of carbonyl (C=O) groups is 1. The van der Waals surface area contributed by atoms with Gasteiger partial charge in [0.15, 0.2) is 0 Å². The number of nitrogens with two attached hydrogens (primary N) is 1. The third-order valence-corrected chi connectivity index (χ3v) is 2.85. The average Bonchev–Trinajstić information content (AvgIpc) is 2.14. The lowest BCUT2D eigenvalue weighted by Gasteiger charge is -2.10. The molecule has 0 spiro atoms. The lowest BCUT2D eigenvalue weighted by molar-refractivity contribution is -0.0446. The van der Waals surface area contributed by atoms with E-state index in [1.54, 1.807) is 0 Å². The summed E-state index contributed by atoms with van der Waals surface area (Å²) in [6.45, 7) is 0. The predicted octanol–water partition coefficient (Wildman–Crippen LogP) is 0.987. The van der Waals surface area contributed by atoms with Crippen LogP contribution >= 0.6 is 0 Å². The predicted molar refractivity (Wildman–Crippen MR) is 53.3 cm³/mol. The van der Waals surface area contributed by atoms with Crippen molar-refractivity contribution in [2.45, 2.75) is 5.51 Å². The van der Waals surface area contributed by atoms with E-state index in [0.717, 1.165) is 16.9 Å². The average molecular weight is 286 g/mol. The number of anilines is 1. The minimum Gasteiger partial charge on any atom is -0.398 e. The van der Waals surface area contributed by atoms with Gasteiger partial charge in [-0.05, 0) is 18.2 Å². The molecule has 18 heavy (non-hydrogen) atoms. The van der Waals surface area contributed by atoms with Crippen LogP contribution in [0, 0.1) is 5.82 Å². The fourth-order valence-electron chi connectivity index (χ4n) is 0.975. The van der Waals surface area contributed by atoms with Crippen LogP contribution in [0.2, 0.25) is 0 Å². The van der Waals surface area contributed by atoms with E-state index in [1.165, 1.54) is 0 Å². The first-order valence-corrected chi connectivity index (χ1v) is 5.71. The second kappa shape index (κ2) is 4.44. The summed E-state index contributed by atoms with van der Waals surface area (Å²) in [6.07, 6.45) is 0. The van der Waals surface area contributed by atoms with Gasteiger partial charge < -0.3 is 5.73 Å². The number of hydrogen-bond donors (Lipinski definition) is 2. The molecule has 0 bridgehead atoms. The van der Waals surface area contributed by atoms with Crippen molar-refractivity contribution in [2.75, 3.05) is 5.73 Å². The van der Waals surface area contributed by atoms with E-state index in [9.17, 15) is 30.8 Å². The molecule has 0 radical (unpaired) electrons. The SMILES string of the molecule is Nc1cc(F)ccc1C(=O)NS(=O)(=O)C(F)(F)F. The van der Waals surface area contributed by atoms with Gasteiger partial charge in [0.2, 0.25) is 0 Å². The fourth-order valence-corrected chi connectivity index (χ4v) is 1.45. The number of amides is 1. The smallest absolute Gasteiger partial charge is 0.398 e. The third-order valence-electron chi connectivity index (χ3n) is 1.79. The van der Waals surface area contributed by atoms with Crippen LogP contribution < -0.4 is 10.5 Å². The number of sulfonamides is 1. The summed E-state index contributed by atoms with van der Waals surface area (Å²) in [7, 11) is -5.82. The van der Waals surface area contributed by atoms with Crippen molar-refractivity contribution < 1.29 is 30.8 Å². The van der Waals surface area contributed by atoms with Crippen LogP contribution in [0.15, 0.2) is 18.2 Å². The Bertz CT molecular complexity index is 582. The first kappa shape index (κ1) is 14.2. The maximum absolute atomic E-state index is 12.6. The molecule has 100 valence electrons. The van der Waals surface area contributed by atoms with Crippen molar-refractivity contribution in [1.29, 1.82) is 0 Å². The highest BCUT2D eigenvalue weighted by Gasteiger charge is 2.47. The van der Waals surface area contributed by atoms with E-state index in [4.69, 9.17) is 5.73 Å². The zero-order valence-corrected chi connectivity index (χ0v) is 9.27. The molecule has 1 rings (SSSR count).